The number of nitrogens with one attached hydrogen (secondary N) is 3. The SMILES string of the molecule is CCN(Cc1ccc2[nH]ccc2c1)C(=O)Nc1ccc2c(c1)OCC(=O)N2. The minimum absolute atomic E-state index is 0.0207. The molecule has 2 aromatic carbocycles. The zero-order chi connectivity index (χ0) is 18.8. The van der Waals surface area contributed by atoms with Crippen LogP contribution in [-0.4, -0.2) is 35.0 Å². The van der Waals surface area contributed by atoms with Crippen LogP contribution in [0.5, 0.6) is 5.75 Å². The van der Waals surface area contributed by atoms with Crippen molar-refractivity contribution in [2.45, 2.75) is 13.5 Å². The van der Waals surface area contributed by atoms with Gasteiger partial charge in [0.2, 0.25) is 0 Å². The summed E-state index contributed by atoms with van der Waals surface area (Å²) in [5.41, 5.74) is 3.37. The molecule has 0 radical (unpaired) electrons. The molecule has 1 aliphatic rings. The van der Waals surface area contributed by atoms with Crippen LogP contribution in [0.15, 0.2) is 48.7 Å². The fourth-order valence-corrected chi connectivity index (χ4v) is 3.10. The molecule has 7 nitrogen and oxygen atoms in total. The Morgan fingerprint density at radius 1 is 1.22 bits per heavy atom. The average Bonchev–Trinajstić information content (AvgIpc) is 3.14. The van der Waals surface area contributed by atoms with E-state index in [0.717, 1.165) is 16.5 Å². The summed E-state index contributed by atoms with van der Waals surface area (Å²) in [5.74, 6) is 0.365. The first-order valence-electron chi connectivity index (χ1n) is 8.81. The Balaban J connectivity index is 1.46. The summed E-state index contributed by atoms with van der Waals surface area (Å²) < 4.78 is 5.39. The first kappa shape index (κ1) is 17.0. The second kappa shape index (κ2) is 7.03. The number of urea groups is 1. The Labute approximate surface area is 156 Å². The Kier molecular flexibility index (Phi) is 4.42. The predicted molar refractivity (Wildman–Crippen MR) is 104 cm³/mol. The summed E-state index contributed by atoms with van der Waals surface area (Å²) in [6.07, 6.45) is 1.90. The second-order valence-corrected chi connectivity index (χ2v) is 6.39. The number of amides is 3. The molecule has 0 spiro atoms. The smallest absolute Gasteiger partial charge is 0.322 e. The van der Waals surface area contributed by atoms with Crippen molar-refractivity contribution in [2.75, 3.05) is 23.8 Å². The molecule has 3 aromatic rings. The minimum atomic E-state index is -0.188. The van der Waals surface area contributed by atoms with Crippen molar-refractivity contribution in [1.29, 1.82) is 0 Å². The number of aromatic amines is 1. The molecule has 0 atom stereocenters. The van der Waals surface area contributed by atoms with Crippen LogP contribution in [0.4, 0.5) is 16.2 Å². The maximum Gasteiger partial charge on any atom is 0.322 e. The number of carbonyl (C=O) groups excluding carboxylic acids is 2. The molecule has 1 aliphatic heterocycles. The summed E-state index contributed by atoms with van der Waals surface area (Å²) in [5, 5.41) is 6.75. The Bertz CT molecular complexity index is 1010. The van der Waals surface area contributed by atoms with Crippen LogP contribution in [0, 0.1) is 0 Å². The third-order valence-electron chi connectivity index (χ3n) is 4.53. The lowest BCUT2D eigenvalue weighted by Crippen LogP contribution is -2.34. The number of hydrogen-bond donors (Lipinski definition) is 3. The van der Waals surface area contributed by atoms with Gasteiger partial charge in [-0.15, -0.1) is 0 Å². The van der Waals surface area contributed by atoms with Crippen LogP contribution in [0.1, 0.15) is 12.5 Å². The fraction of sp³-hybridized carbons (Fsp3) is 0.200. The zero-order valence-corrected chi connectivity index (χ0v) is 14.9. The normalized spacial score (nSPS) is 12.9. The number of carbonyl (C=O) groups is 2. The number of fused-ring (bicyclic) bond motifs is 2. The molecule has 2 heterocycles. The summed E-state index contributed by atoms with van der Waals surface area (Å²) in [6.45, 7) is 3.02. The first-order valence-corrected chi connectivity index (χ1v) is 8.81. The summed E-state index contributed by atoms with van der Waals surface area (Å²) >= 11 is 0. The highest BCUT2D eigenvalue weighted by molar-refractivity contribution is 5.96. The van der Waals surface area contributed by atoms with Gasteiger partial charge >= 0.3 is 6.03 Å². The molecule has 0 fully saturated rings. The highest BCUT2D eigenvalue weighted by Gasteiger charge is 2.18. The number of aromatic nitrogens is 1. The number of hydrogen-bond acceptors (Lipinski definition) is 3. The van der Waals surface area contributed by atoms with E-state index in [-0.39, 0.29) is 18.5 Å². The van der Waals surface area contributed by atoms with Gasteiger partial charge in [0.15, 0.2) is 6.61 Å². The van der Waals surface area contributed by atoms with Crippen LogP contribution in [0.25, 0.3) is 10.9 Å². The van der Waals surface area contributed by atoms with Gasteiger partial charge in [-0.05, 0) is 48.2 Å². The summed E-state index contributed by atoms with van der Waals surface area (Å²) in [4.78, 5) is 28.9. The number of rotatable bonds is 4. The van der Waals surface area contributed by atoms with Crippen LogP contribution in [0.3, 0.4) is 0 Å². The van der Waals surface area contributed by atoms with Gasteiger partial charge in [-0.2, -0.15) is 0 Å². The molecular formula is C20H20N4O3. The van der Waals surface area contributed by atoms with Gasteiger partial charge < -0.3 is 25.3 Å². The molecule has 0 aliphatic carbocycles. The van der Waals surface area contributed by atoms with Crippen LogP contribution in [0.2, 0.25) is 0 Å². The van der Waals surface area contributed by atoms with E-state index >= 15 is 0 Å². The van der Waals surface area contributed by atoms with E-state index in [1.54, 1.807) is 23.1 Å². The van der Waals surface area contributed by atoms with Crippen molar-refractivity contribution in [3.63, 3.8) is 0 Å². The van der Waals surface area contributed by atoms with Crippen molar-refractivity contribution in [3.05, 3.63) is 54.2 Å². The number of H-pyrrole nitrogens is 1. The quantitative estimate of drug-likeness (QED) is 0.662. The topological polar surface area (TPSA) is 86.5 Å². The third kappa shape index (κ3) is 3.57. The molecule has 0 unspecified atom stereocenters. The van der Waals surface area contributed by atoms with E-state index in [4.69, 9.17) is 4.74 Å². The number of nitrogens with zero attached hydrogens (tertiary/aromatic N) is 1. The van der Waals surface area contributed by atoms with Gasteiger partial charge in [0.1, 0.15) is 5.75 Å². The van der Waals surface area contributed by atoms with Gasteiger partial charge in [-0.3, -0.25) is 4.79 Å². The third-order valence-corrected chi connectivity index (χ3v) is 4.53. The highest BCUT2D eigenvalue weighted by Crippen LogP contribution is 2.30. The van der Waals surface area contributed by atoms with Gasteiger partial charge in [0, 0.05) is 36.6 Å². The highest BCUT2D eigenvalue weighted by atomic mass is 16.5. The maximum atomic E-state index is 12.7. The van der Waals surface area contributed by atoms with E-state index in [9.17, 15) is 9.59 Å². The molecule has 3 amide bonds. The number of anilines is 2. The predicted octanol–water partition coefficient (Wildman–Crippen LogP) is 3.55. The molecule has 138 valence electrons. The fourth-order valence-electron chi connectivity index (χ4n) is 3.10. The van der Waals surface area contributed by atoms with Crippen LogP contribution < -0.4 is 15.4 Å². The largest absolute Gasteiger partial charge is 0.482 e. The van der Waals surface area contributed by atoms with Crippen molar-refractivity contribution < 1.29 is 14.3 Å². The molecule has 7 heteroatoms. The molecule has 0 saturated carbocycles. The van der Waals surface area contributed by atoms with E-state index < -0.39 is 0 Å². The monoisotopic (exact) mass is 364 g/mol. The Morgan fingerprint density at radius 2 is 2.11 bits per heavy atom. The maximum absolute atomic E-state index is 12.7. The molecule has 3 N–H and O–H groups in total. The Hall–Kier alpha value is -3.48. The molecule has 0 saturated heterocycles. The average molecular weight is 364 g/mol. The molecule has 0 bridgehead atoms. The first-order chi connectivity index (χ1) is 13.1. The van der Waals surface area contributed by atoms with Gasteiger partial charge in [0.05, 0.1) is 5.69 Å². The number of ether oxygens (including phenoxy) is 1. The van der Waals surface area contributed by atoms with E-state index in [1.807, 2.05) is 31.3 Å². The molecule has 1 aromatic heterocycles. The van der Waals surface area contributed by atoms with Gasteiger partial charge in [-0.25, -0.2) is 4.79 Å². The van der Waals surface area contributed by atoms with Crippen molar-refractivity contribution in [2.24, 2.45) is 0 Å². The lowest BCUT2D eigenvalue weighted by molar-refractivity contribution is -0.118. The molecule has 4 rings (SSSR count). The van der Waals surface area contributed by atoms with E-state index in [2.05, 4.69) is 21.7 Å². The van der Waals surface area contributed by atoms with E-state index in [0.29, 0.717) is 30.2 Å². The van der Waals surface area contributed by atoms with Crippen molar-refractivity contribution >= 4 is 34.2 Å². The zero-order valence-electron chi connectivity index (χ0n) is 14.9. The lowest BCUT2D eigenvalue weighted by atomic mass is 10.1. The number of benzene rings is 2. The molecular weight excluding hydrogens is 344 g/mol. The standard InChI is InChI=1S/C20H20N4O3/c1-2-24(11-13-3-5-16-14(9-13)7-8-21-16)20(26)22-15-4-6-17-18(10-15)27-12-19(25)23-17/h3-10,21H,2,11-12H2,1H3,(H,22,26)(H,23,25). The Morgan fingerprint density at radius 3 is 2.96 bits per heavy atom. The lowest BCUT2D eigenvalue weighted by Gasteiger charge is -2.23. The van der Waals surface area contributed by atoms with Crippen molar-refractivity contribution in [3.8, 4) is 5.75 Å². The van der Waals surface area contributed by atoms with Crippen LogP contribution >= 0.6 is 0 Å². The van der Waals surface area contributed by atoms with Crippen LogP contribution in [-0.2, 0) is 11.3 Å². The summed E-state index contributed by atoms with van der Waals surface area (Å²) in [6, 6.07) is 13.1. The van der Waals surface area contributed by atoms with Gasteiger partial charge in [0.25, 0.3) is 5.91 Å². The molecule has 27 heavy (non-hydrogen) atoms. The van der Waals surface area contributed by atoms with E-state index in [1.165, 1.54) is 0 Å². The summed E-state index contributed by atoms with van der Waals surface area (Å²) in [7, 11) is 0. The van der Waals surface area contributed by atoms with Gasteiger partial charge in [-0.1, -0.05) is 6.07 Å². The second-order valence-electron chi connectivity index (χ2n) is 6.39. The van der Waals surface area contributed by atoms with Crippen molar-refractivity contribution in [1.82, 2.24) is 9.88 Å². The minimum Gasteiger partial charge on any atom is -0.482 e.